The SMILES string of the molecule is CCCNc1ccnc(-c2ccc3ncccc3c2)n1. The molecule has 100 valence electrons. The van der Waals surface area contributed by atoms with E-state index < -0.39 is 0 Å². The molecule has 0 aliphatic heterocycles. The average molecular weight is 264 g/mol. The summed E-state index contributed by atoms with van der Waals surface area (Å²) in [6.07, 6.45) is 4.66. The predicted molar refractivity (Wildman–Crippen MR) is 81.5 cm³/mol. The van der Waals surface area contributed by atoms with E-state index in [0.29, 0.717) is 0 Å². The summed E-state index contributed by atoms with van der Waals surface area (Å²) in [5.41, 5.74) is 1.99. The van der Waals surface area contributed by atoms with Gasteiger partial charge in [-0.25, -0.2) is 9.97 Å². The average Bonchev–Trinajstić information content (AvgIpc) is 2.53. The number of fused-ring (bicyclic) bond motifs is 1. The number of benzene rings is 1. The van der Waals surface area contributed by atoms with E-state index in [1.807, 2.05) is 30.3 Å². The van der Waals surface area contributed by atoms with Gasteiger partial charge in [-0.05, 0) is 36.8 Å². The third kappa shape index (κ3) is 2.59. The maximum Gasteiger partial charge on any atom is 0.161 e. The van der Waals surface area contributed by atoms with Crippen molar-refractivity contribution in [2.45, 2.75) is 13.3 Å². The maximum atomic E-state index is 4.54. The Morgan fingerprint density at radius 1 is 1.05 bits per heavy atom. The zero-order valence-corrected chi connectivity index (χ0v) is 11.4. The van der Waals surface area contributed by atoms with Gasteiger partial charge in [-0.2, -0.15) is 0 Å². The highest BCUT2D eigenvalue weighted by molar-refractivity contribution is 5.83. The molecule has 0 unspecified atom stereocenters. The molecule has 1 aromatic carbocycles. The van der Waals surface area contributed by atoms with E-state index in [9.17, 15) is 0 Å². The quantitative estimate of drug-likeness (QED) is 0.783. The van der Waals surface area contributed by atoms with Crippen molar-refractivity contribution in [3.05, 3.63) is 48.8 Å². The minimum atomic E-state index is 0.733. The fourth-order valence-electron chi connectivity index (χ4n) is 2.06. The van der Waals surface area contributed by atoms with E-state index in [-0.39, 0.29) is 0 Å². The Morgan fingerprint density at radius 3 is 2.90 bits per heavy atom. The maximum absolute atomic E-state index is 4.54. The van der Waals surface area contributed by atoms with E-state index in [4.69, 9.17) is 0 Å². The van der Waals surface area contributed by atoms with Crippen LogP contribution in [0, 0.1) is 0 Å². The number of aromatic nitrogens is 3. The molecule has 0 saturated carbocycles. The van der Waals surface area contributed by atoms with Gasteiger partial charge in [0.25, 0.3) is 0 Å². The number of anilines is 1. The van der Waals surface area contributed by atoms with Crippen molar-refractivity contribution in [3.63, 3.8) is 0 Å². The summed E-state index contributed by atoms with van der Waals surface area (Å²) in [6.45, 7) is 3.05. The van der Waals surface area contributed by atoms with Gasteiger partial charge in [-0.1, -0.05) is 13.0 Å². The van der Waals surface area contributed by atoms with Crippen molar-refractivity contribution < 1.29 is 0 Å². The number of rotatable bonds is 4. The Kier molecular flexibility index (Phi) is 3.54. The van der Waals surface area contributed by atoms with Crippen LogP contribution < -0.4 is 5.32 Å². The van der Waals surface area contributed by atoms with E-state index in [1.165, 1.54) is 0 Å². The highest BCUT2D eigenvalue weighted by atomic mass is 15.0. The van der Waals surface area contributed by atoms with E-state index in [0.717, 1.165) is 41.1 Å². The van der Waals surface area contributed by atoms with Crippen molar-refractivity contribution in [2.24, 2.45) is 0 Å². The van der Waals surface area contributed by atoms with Gasteiger partial charge in [0.05, 0.1) is 5.52 Å². The molecular formula is C16H16N4. The van der Waals surface area contributed by atoms with Crippen molar-refractivity contribution in [1.29, 1.82) is 0 Å². The van der Waals surface area contributed by atoms with Crippen LogP contribution in [-0.2, 0) is 0 Å². The monoisotopic (exact) mass is 264 g/mol. The molecule has 0 spiro atoms. The number of hydrogen-bond acceptors (Lipinski definition) is 4. The number of pyridine rings is 1. The molecule has 0 aliphatic rings. The molecule has 2 aromatic heterocycles. The van der Waals surface area contributed by atoms with Crippen molar-refractivity contribution in [2.75, 3.05) is 11.9 Å². The lowest BCUT2D eigenvalue weighted by Crippen LogP contribution is -2.03. The Morgan fingerprint density at radius 2 is 2.00 bits per heavy atom. The molecule has 0 aliphatic carbocycles. The number of hydrogen-bond donors (Lipinski definition) is 1. The van der Waals surface area contributed by atoms with Crippen LogP contribution in [0.5, 0.6) is 0 Å². The minimum Gasteiger partial charge on any atom is -0.370 e. The Hall–Kier alpha value is -2.49. The molecule has 4 heteroatoms. The second kappa shape index (κ2) is 5.65. The Bertz CT molecular complexity index is 724. The topological polar surface area (TPSA) is 50.7 Å². The van der Waals surface area contributed by atoms with Crippen molar-refractivity contribution in [1.82, 2.24) is 15.0 Å². The summed E-state index contributed by atoms with van der Waals surface area (Å²) in [4.78, 5) is 13.2. The summed E-state index contributed by atoms with van der Waals surface area (Å²) in [7, 11) is 0. The fourth-order valence-corrected chi connectivity index (χ4v) is 2.06. The molecule has 20 heavy (non-hydrogen) atoms. The molecule has 1 N–H and O–H groups in total. The highest BCUT2D eigenvalue weighted by Crippen LogP contribution is 2.21. The van der Waals surface area contributed by atoms with Crippen LogP contribution in [0.25, 0.3) is 22.3 Å². The van der Waals surface area contributed by atoms with Crippen LogP contribution in [0.2, 0.25) is 0 Å². The Balaban J connectivity index is 1.97. The van der Waals surface area contributed by atoms with Crippen molar-refractivity contribution in [3.8, 4) is 11.4 Å². The summed E-state index contributed by atoms with van der Waals surface area (Å²) in [5, 5.41) is 4.38. The summed E-state index contributed by atoms with van der Waals surface area (Å²) < 4.78 is 0. The Labute approximate surface area is 117 Å². The van der Waals surface area contributed by atoms with E-state index >= 15 is 0 Å². The van der Waals surface area contributed by atoms with Crippen LogP contribution in [0.3, 0.4) is 0 Å². The zero-order chi connectivity index (χ0) is 13.8. The fraction of sp³-hybridized carbons (Fsp3) is 0.188. The third-order valence-electron chi connectivity index (χ3n) is 3.07. The second-order valence-electron chi connectivity index (χ2n) is 4.60. The minimum absolute atomic E-state index is 0.733. The molecule has 0 radical (unpaired) electrons. The van der Waals surface area contributed by atoms with Crippen molar-refractivity contribution >= 4 is 16.7 Å². The molecule has 0 bridgehead atoms. The largest absolute Gasteiger partial charge is 0.370 e. The van der Waals surface area contributed by atoms with Crippen LogP contribution in [0.1, 0.15) is 13.3 Å². The number of nitrogens with zero attached hydrogens (tertiary/aromatic N) is 3. The zero-order valence-electron chi connectivity index (χ0n) is 11.4. The van der Waals surface area contributed by atoms with Gasteiger partial charge < -0.3 is 5.32 Å². The first-order chi connectivity index (χ1) is 9.86. The summed E-state index contributed by atoms with van der Waals surface area (Å²) in [5.74, 6) is 1.60. The smallest absolute Gasteiger partial charge is 0.161 e. The van der Waals surface area contributed by atoms with Gasteiger partial charge in [0, 0.05) is 29.9 Å². The van der Waals surface area contributed by atoms with Crippen LogP contribution in [0.4, 0.5) is 5.82 Å². The van der Waals surface area contributed by atoms with Crippen LogP contribution in [-0.4, -0.2) is 21.5 Å². The van der Waals surface area contributed by atoms with Gasteiger partial charge in [-0.15, -0.1) is 0 Å². The molecule has 0 atom stereocenters. The molecule has 3 rings (SSSR count). The standard InChI is InChI=1S/C16H16N4/c1-2-8-18-15-7-10-19-16(20-15)13-5-6-14-12(11-13)4-3-9-17-14/h3-7,9-11H,2,8H2,1H3,(H,18,19,20). The van der Waals surface area contributed by atoms with E-state index in [2.05, 4.69) is 33.3 Å². The summed E-state index contributed by atoms with van der Waals surface area (Å²) in [6, 6.07) is 12.0. The molecule has 2 heterocycles. The molecule has 4 nitrogen and oxygen atoms in total. The van der Waals surface area contributed by atoms with Gasteiger partial charge in [-0.3, -0.25) is 4.98 Å². The molecule has 0 amide bonds. The van der Waals surface area contributed by atoms with Gasteiger partial charge in [0.15, 0.2) is 5.82 Å². The lowest BCUT2D eigenvalue weighted by atomic mass is 10.1. The van der Waals surface area contributed by atoms with Gasteiger partial charge in [0.2, 0.25) is 0 Å². The lowest BCUT2D eigenvalue weighted by molar-refractivity contribution is 0.966. The summed E-state index contributed by atoms with van der Waals surface area (Å²) >= 11 is 0. The first-order valence-electron chi connectivity index (χ1n) is 6.79. The van der Waals surface area contributed by atoms with Crippen LogP contribution in [0.15, 0.2) is 48.8 Å². The second-order valence-corrected chi connectivity index (χ2v) is 4.60. The first-order valence-corrected chi connectivity index (χ1v) is 6.79. The number of nitrogens with one attached hydrogen (secondary N) is 1. The van der Waals surface area contributed by atoms with Crippen LogP contribution >= 0.6 is 0 Å². The highest BCUT2D eigenvalue weighted by Gasteiger charge is 2.04. The lowest BCUT2D eigenvalue weighted by Gasteiger charge is -2.06. The molecule has 0 fully saturated rings. The van der Waals surface area contributed by atoms with E-state index in [1.54, 1.807) is 12.4 Å². The third-order valence-corrected chi connectivity index (χ3v) is 3.07. The molecule has 3 aromatic rings. The normalized spacial score (nSPS) is 10.7. The predicted octanol–water partition coefficient (Wildman–Crippen LogP) is 3.51. The van der Waals surface area contributed by atoms with Gasteiger partial charge >= 0.3 is 0 Å². The van der Waals surface area contributed by atoms with Gasteiger partial charge in [0.1, 0.15) is 5.82 Å². The molecule has 0 saturated heterocycles. The molecular weight excluding hydrogens is 248 g/mol. The first kappa shape index (κ1) is 12.5.